The first-order chi connectivity index (χ1) is 32.8. The fraction of sp³-hybridized carbons (Fsp3) is 0.0345. The quantitative estimate of drug-likeness (QED) is 0.112. The summed E-state index contributed by atoms with van der Waals surface area (Å²) in [5, 5.41) is 0. The number of ether oxygens (including phenoxy) is 1. The zero-order valence-corrected chi connectivity index (χ0v) is 35.1. The Bertz CT molecular complexity index is 3800. The molecule has 0 saturated heterocycles. The fourth-order valence-electron chi connectivity index (χ4n) is 15.9. The van der Waals surface area contributed by atoms with Gasteiger partial charge in [0, 0.05) is 10.9 Å². The van der Waals surface area contributed by atoms with Crippen molar-refractivity contribution in [2.45, 2.75) is 10.8 Å². The zero-order valence-electron chi connectivity index (χ0n) is 35.1. The average molecular weight is 835 g/mol. The van der Waals surface area contributed by atoms with E-state index in [1.807, 2.05) is 0 Å². The molecule has 7 aliphatic heterocycles. The molecule has 0 amide bonds. The molecule has 0 radical (unpaired) electrons. The molecule has 0 unspecified atom stereocenters. The Balaban J connectivity index is 1.05. The normalized spacial score (nSPS) is 17.2. The number of benzene rings is 8. The van der Waals surface area contributed by atoms with Crippen molar-refractivity contribution in [3.63, 3.8) is 0 Å². The Labute approximate surface area is 379 Å². The van der Waals surface area contributed by atoms with Gasteiger partial charge in [-0.2, -0.15) is 0 Å². The molecular weight excluding hydrogens is 804 g/mol. The van der Waals surface area contributed by atoms with Crippen LogP contribution in [0.2, 0.25) is 0 Å². The van der Waals surface area contributed by atoms with Crippen LogP contribution in [0.25, 0.3) is 44.5 Å². The van der Waals surface area contributed by atoms with Crippen molar-refractivity contribution >= 4 is 57.8 Å². The predicted octanol–water partition coefficient (Wildman–Crippen LogP) is 5.70. The van der Waals surface area contributed by atoms with Crippen LogP contribution in [0, 0.1) is 0 Å². The second-order valence-electron chi connectivity index (χ2n) is 19.6. The monoisotopic (exact) mass is 834 g/mol. The average Bonchev–Trinajstić information content (AvgIpc) is 4.09. The van der Waals surface area contributed by atoms with Crippen LogP contribution in [-0.4, -0.2) is 23.4 Å². The van der Waals surface area contributed by atoms with Crippen LogP contribution < -0.4 is 51.8 Å². The highest BCUT2D eigenvalue weighted by molar-refractivity contribution is 7.01. The van der Waals surface area contributed by atoms with Crippen molar-refractivity contribution in [2.75, 3.05) is 0 Å². The van der Waals surface area contributed by atoms with Gasteiger partial charge >= 0.3 is 26.1 Å². The van der Waals surface area contributed by atoms with Gasteiger partial charge in [-0.1, -0.05) is 166 Å². The Morgan fingerprint density at radius 3 is 1.15 bits per heavy atom. The number of hydrogen-bond donors (Lipinski definition) is 0. The SMILES string of the molecule is c1ccc2c(c1)-c1ccccc1C21c2cccc3c2B2c4c1ccc1c4[N+]4(c5c(ccc6c5B5c7c(cccc7C67c6ccccc6-c6ccccc67)-c6cnc[n+]4c65)O1)[n+]1cncc-3c12. The largest absolute Gasteiger partial charge is 0.444 e. The molecule has 0 bridgehead atoms. The highest BCUT2D eigenvalue weighted by Gasteiger charge is 2.74. The lowest BCUT2D eigenvalue weighted by Crippen LogP contribution is -2.99. The molecular formula is C58H30B2N5O+3. The summed E-state index contributed by atoms with van der Waals surface area (Å²) in [6.07, 6.45) is 8.49. The molecule has 6 nitrogen and oxygen atoms in total. The topological polar surface area (TPSA) is 42.8 Å². The molecule has 0 fully saturated rings. The lowest BCUT2D eigenvalue weighted by atomic mass is 9.31. The summed E-state index contributed by atoms with van der Waals surface area (Å²) in [5.74, 6) is 1.74. The van der Waals surface area contributed by atoms with Crippen molar-refractivity contribution < 1.29 is 14.1 Å². The molecule has 9 heterocycles. The third kappa shape index (κ3) is 2.87. The maximum Gasteiger partial charge on any atom is 0.340 e. The minimum absolute atomic E-state index is 0.0371. The number of rotatable bonds is 0. The second-order valence-corrected chi connectivity index (χ2v) is 19.6. The summed E-state index contributed by atoms with van der Waals surface area (Å²) in [6.45, 7) is -0.0742. The molecule has 10 aromatic rings. The van der Waals surface area contributed by atoms with Crippen LogP contribution in [-0.2, 0) is 10.8 Å². The Morgan fingerprint density at radius 2 is 0.727 bits per heavy atom. The summed E-state index contributed by atoms with van der Waals surface area (Å²) in [4.78, 5) is 10.5. The molecule has 0 atom stereocenters. The van der Waals surface area contributed by atoms with Gasteiger partial charge in [0.05, 0.1) is 26.7 Å². The van der Waals surface area contributed by atoms with E-state index >= 15 is 0 Å². The number of aromatic nitrogens is 4. The minimum Gasteiger partial charge on any atom is -0.444 e. The van der Waals surface area contributed by atoms with Crippen LogP contribution in [0.4, 0.5) is 11.4 Å². The van der Waals surface area contributed by atoms with Crippen LogP contribution in [0.3, 0.4) is 0 Å². The molecule has 2 aromatic heterocycles. The first-order valence-corrected chi connectivity index (χ1v) is 23.2. The van der Waals surface area contributed by atoms with Crippen LogP contribution >= 0.6 is 0 Å². The predicted molar refractivity (Wildman–Crippen MR) is 256 cm³/mol. The van der Waals surface area contributed by atoms with Gasteiger partial charge in [0.1, 0.15) is 11.2 Å². The van der Waals surface area contributed by atoms with Gasteiger partial charge in [-0.3, -0.25) is 0 Å². The van der Waals surface area contributed by atoms with Crippen LogP contribution in [0.15, 0.2) is 183 Å². The first kappa shape index (κ1) is 32.5. The summed E-state index contributed by atoms with van der Waals surface area (Å²) in [7, 11) is 0. The Hall–Kier alpha value is -8.19. The van der Waals surface area contributed by atoms with Crippen LogP contribution in [0.5, 0.6) is 11.5 Å². The van der Waals surface area contributed by atoms with E-state index in [1.54, 1.807) is 0 Å². The van der Waals surface area contributed by atoms with E-state index in [1.165, 1.54) is 122 Å². The van der Waals surface area contributed by atoms with E-state index in [-0.39, 0.29) is 18.1 Å². The lowest BCUT2D eigenvalue weighted by Gasteiger charge is -2.49. The molecule has 9 aliphatic rings. The molecule has 0 N–H and O–H groups in total. The van der Waals surface area contributed by atoms with Gasteiger partial charge in [-0.05, 0) is 99.4 Å². The summed E-state index contributed by atoms with van der Waals surface area (Å²) in [5.41, 5.74) is 29.9. The second kappa shape index (κ2) is 10.0. The summed E-state index contributed by atoms with van der Waals surface area (Å²) < 4.78 is 12.8. The first-order valence-electron chi connectivity index (χ1n) is 23.2. The minimum atomic E-state index is -0.566. The molecule has 66 heavy (non-hydrogen) atoms. The van der Waals surface area contributed by atoms with Gasteiger partial charge in [0.2, 0.25) is 0 Å². The molecule has 3 spiro atoms. The molecule has 19 rings (SSSR count). The maximum absolute atomic E-state index is 7.54. The Morgan fingerprint density at radius 1 is 0.364 bits per heavy atom. The van der Waals surface area contributed by atoms with Gasteiger partial charge < -0.3 is 4.74 Å². The lowest BCUT2D eigenvalue weighted by molar-refractivity contribution is -1.03. The molecule has 296 valence electrons. The molecule has 8 aromatic carbocycles. The summed E-state index contributed by atoms with van der Waals surface area (Å²) >= 11 is 0. The number of hydrogen-bond acceptors (Lipinski definition) is 3. The highest BCUT2D eigenvalue weighted by atomic mass is 16.5. The van der Waals surface area contributed by atoms with E-state index in [0.717, 1.165) is 22.9 Å². The van der Waals surface area contributed by atoms with Crippen molar-refractivity contribution in [1.29, 1.82) is 0 Å². The van der Waals surface area contributed by atoms with Crippen LogP contribution in [0.1, 0.15) is 44.5 Å². The zero-order chi connectivity index (χ0) is 42.2. The molecule has 0 saturated carbocycles. The maximum atomic E-state index is 7.54. The standard InChI is InChI=1S/C58H30B2N5O/c1-5-17-39-31(11-1)32-12-2-6-18-40(32)57(39)43-21-9-15-35-37-27-61-29-63-55(37)59(49(35)43)51-45(57)23-25-47-53(51)65(63)54-48(66-47)26-24-46-52(54)60-50-36(38-28-62-30-64(65)56(38)60)16-10-22-44(50)58(46)41-19-7-3-13-33(41)34-14-4-8-20-42(34)58/h1-30H/q+3. The van der Waals surface area contributed by atoms with E-state index in [0.29, 0.717) is 0 Å². The van der Waals surface area contributed by atoms with Crippen molar-refractivity contribution in [3.8, 4) is 56.0 Å². The van der Waals surface area contributed by atoms with Gasteiger partial charge in [0.25, 0.3) is 11.4 Å². The van der Waals surface area contributed by atoms with Crippen molar-refractivity contribution in [1.82, 2.24) is 14.7 Å². The van der Waals surface area contributed by atoms with Gasteiger partial charge in [0.15, 0.2) is 23.9 Å². The summed E-state index contributed by atoms with van der Waals surface area (Å²) in [6, 6.07) is 60.1. The third-order valence-corrected chi connectivity index (χ3v) is 17.6. The fourth-order valence-corrected chi connectivity index (χ4v) is 15.9. The van der Waals surface area contributed by atoms with Gasteiger partial charge in [-0.25, -0.2) is 0 Å². The van der Waals surface area contributed by atoms with E-state index in [2.05, 4.69) is 192 Å². The number of nitrogens with zero attached hydrogens (tertiary/aromatic N) is 5. The van der Waals surface area contributed by atoms with Crippen molar-refractivity contribution in [2.24, 2.45) is 0 Å². The van der Waals surface area contributed by atoms with E-state index in [4.69, 9.17) is 14.7 Å². The third-order valence-electron chi connectivity index (χ3n) is 17.6. The Kier molecular flexibility index (Phi) is 4.93. The number of fused-ring (bicyclic) bond motifs is 16. The molecule has 2 aliphatic carbocycles. The highest BCUT2D eigenvalue weighted by Crippen LogP contribution is 2.63. The van der Waals surface area contributed by atoms with E-state index < -0.39 is 10.8 Å². The smallest absolute Gasteiger partial charge is 0.340 e. The van der Waals surface area contributed by atoms with E-state index in [9.17, 15) is 0 Å². The molecule has 8 heteroatoms. The number of quaternary nitrogens is 1. The van der Waals surface area contributed by atoms with Crippen molar-refractivity contribution in [3.05, 3.63) is 227 Å². The van der Waals surface area contributed by atoms with Gasteiger partial charge in [-0.15, -0.1) is 0 Å².